The van der Waals surface area contributed by atoms with Crippen molar-refractivity contribution in [1.29, 1.82) is 0 Å². The summed E-state index contributed by atoms with van der Waals surface area (Å²) in [7, 11) is 0. The van der Waals surface area contributed by atoms with E-state index in [0.717, 1.165) is 0 Å². The third kappa shape index (κ3) is 1.41. The van der Waals surface area contributed by atoms with Crippen LogP contribution in [0.1, 0.15) is 25.0 Å². The van der Waals surface area contributed by atoms with E-state index in [1.54, 1.807) is 0 Å². The zero-order chi connectivity index (χ0) is 12.0. The summed E-state index contributed by atoms with van der Waals surface area (Å²) in [5, 5.41) is 0. The number of alkyl halides is 1. The molecule has 0 bridgehead atoms. The second-order valence-corrected chi connectivity index (χ2v) is 5.48. The lowest BCUT2D eigenvalue weighted by Crippen LogP contribution is -2.27. The Bertz CT molecular complexity index is 569. The van der Waals surface area contributed by atoms with Crippen LogP contribution in [0.3, 0.4) is 0 Å². The van der Waals surface area contributed by atoms with Gasteiger partial charge in [-0.15, -0.1) is 0 Å². The van der Waals surface area contributed by atoms with Crippen LogP contribution < -0.4 is 0 Å². The maximum absolute atomic E-state index is 6.74. The highest BCUT2D eigenvalue weighted by molar-refractivity contribution is 6.26. The maximum atomic E-state index is 6.74. The van der Waals surface area contributed by atoms with E-state index >= 15 is 0 Å². The first kappa shape index (κ1) is 10.7. The molecule has 1 atom stereocenters. The van der Waals surface area contributed by atoms with Gasteiger partial charge < -0.3 is 0 Å². The molecule has 17 heavy (non-hydrogen) atoms. The van der Waals surface area contributed by atoms with Crippen LogP contribution in [0.4, 0.5) is 0 Å². The molecule has 0 nitrogen and oxygen atoms in total. The van der Waals surface area contributed by atoms with Gasteiger partial charge in [-0.2, -0.15) is 0 Å². The van der Waals surface area contributed by atoms with E-state index < -0.39 is 4.87 Å². The lowest BCUT2D eigenvalue weighted by atomic mass is 9.72. The molecule has 3 rings (SSSR count). The first-order valence-corrected chi connectivity index (χ1v) is 6.22. The van der Waals surface area contributed by atoms with Crippen molar-refractivity contribution in [2.24, 2.45) is 0 Å². The molecule has 0 N–H and O–H groups in total. The molecule has 84 valence electrons. The average molecular weight is 242 g/mol. The number of fused-ring (bicyclic) bond motifs is 3. The van der Waals surface area contributed by atoms with E-state index in [-0.39, 0.29) is 0 Å². The van der Waals surface area contributed by atoms with Crippen LogP contribution in [-0.4, -0.2) is 0 Å². The van der Waals surface area contributed by atoms with Crippen LogP contribution in [0.5, 0.6) is 0 Å². The molecule has 1 heteroatoms. The van der Waals surface area contributed by atoms with Crippen molar-refractivity contribution in [3.05, 3.63) is 65.6 Å². The van der Waals surface area contributed by atoms with E-state index in [1.807, 2.05) is 0 Å². The van der Waals surface area contributed by atoms with E-state index in [2.05, 4.69) is 62.4 Å². The van der Waals surface area contributed by atoms with Crippen molar-refractivity contribution in [3.63, 3.8) is 0 Å². The Balaban J connectivity index is 2.37. The van der Waals surface area contributed by atoms with Crippen molar-refractivity contribution < 1.29 is 0 Å². The van der Waals surface area contributed by atoms with Crippen LogP contribution in [0.2, 0.25) is 0 Å². The molecule has 0 fully saturated rings. The fourth-order valence-corrected chi connectivity index (χ4v) is 2.89. The van der Waals surface area contributed by atoms with Crippen LogP contribution in [0, 0.1) is 5.92 Å². The van der Waals surface area contributed by atoms with Gasteiger partial charge in [-0.1, -0.05) is 29.8 Å². The Morgan fingerprint density at radius 1 is 0.941 bits per heavy atom. The number of benzene rings is 2. The van der Waals surface area contributed by atoms with Crippen molar-refractivity contribution in [1.82, 2.24) is 0 Å². The SMILES string of the molecule is C[C+]1c2ccccc2-c2ccccc2C1(C)Cl. The van der Waals surface area contributed by atoms with Gasteiger partial charge in [0.25, 0.3) is 0 Å². The van der Waals surface area contributed by atoms with Crippen LogP contribution in [0.15, 0.2) is 48.5 Å². The van der Waals surface area contributed by atoms with Crippen molar-refractivity contribution in [3.8, 4) is 11.1 Å². The second kappa shape index (κ2) is 3.54. The molecule has 2 aromatic carbocycles. The van der Waals surface area contributed by atoms with E-state index in [0.29, 0.717) is 0 Å². The number of hydrogen-bond donors (Lipinski definition) is 0. The van der Waals surface area contributed by atoms with Gasteiger partial charge in [0.1, 0.15) is 10.4 Å². The quantitative estimate of drug-likeness (QED) is 0.461. The van der Waals surface area contributed by atoms with Crippen molar-refractivity contribution in [2.45, 2.75) is 18.7 Å². The van der Waals surface area contributed by atoms with Gasteiger partial charge in [-0.25, -0.2) is 0 Å². The third-order valence-corrected chi connectivity index (χ3v) is 4.25. The predicted molar refractivity (Wildman–Crippen MR) is 73.1 cm³/mol. The monoisotopic (exact) mass is 241 g/mol. The molecule has 0 amide bonds. The first-order valence-electron chi connectivity index (χ1n) is 5.84. The fourth-order valence-electron chi connectivity index (χ4n) is 2.63. The summed E-state index contributed by atoms with van der Waals surface area (Å²) >= 11 is 6.74. The summed E-state index contributed by atoms with van der Waals surface area (Å²) in [4.78, 5) is -0.398. The van der Waals surface area contributed by atoms with Crippen molar-refractivity contribution >= 4 is 11.6 Å². The molecule has 0 spiro atoms. The molecule has 0 heterocycles. The summed E-state index contributed by atoms with van der Waals surface area (Å²) in [6.45, 7) is 4.21. The Hall–Kier alpha value is -1.40. The molecule has 0 saturated heterocycles. The van der Waals surface area contributed by atoms with Crippen LogP contribution in [0.25, 0.3) is 11.1 Å². The highest BCUT2D eigenvalue weighted by atomic mass is 35.5. The van der Waals surface area contributed by atoms with E-state index in [4.69, 9.17) is 11.6 Å². The molecular formula is C16H14Cl+. The molecule has 1 unspecified atom stereocenters. The van der Waals surface area contributed by atoms with Crippen LogP contribution in [-0.2, 0) is 4.87 Å². The van der Waals surface area contributed by atoms with Gasteiger partial charge in [0.05, 0.1) is 11.5 Å². The fraction of sp³-hybridized carbons (Fsp3) is 0.188. The minimum Gasteiger partial charge on any atom is -0.0938 e. The molecule has 1 aliphatic rings. The summed E-state index contributed by atoms with van der Waals surface area (Å²) in [5.74, 6) is 1.23. The lowest BCUT2D eigenvalue weighted by molar-refractivity contribution is 0.708. The molecule has 2 aromatic rings. The summed E-state index contributed by atoms with van der Waals surface area (Å²) in [6.07, 6.45) is 0. The molecular weight excluding hydrogens is 228 g/mol. The zero-order valence-electron chi connectivity index (χ0n) is 10.00. The largest absolute Gasteiger partial charge is 0.142 e. The Morgan fingerprint density at radius 2 is 1.53 bits per heavy atom. The Kier molecular flexibility index (Phi) is 2.24. The molecule has 0 aliphatic heterocycles. The summed E-state index contributed by atoms with van der Waals surface area (Å²) < 4.78 is 0. The lowest BCUT2D eigenvalue weighted by Gasteiger charge is -2.31. The standard InChI is InChI=1S/C16H14Cl/c1-11-12-7-3-4-8-13(12)14-9-5-6-10-15(14)16(11,2)17/h3-10H,1-2H3/q+1. The molecule has 0 radical (unpaired) electrons. The Labute approximate surface area is 107 Å². The van der Waals surface area contributed by atoms with Gasteiger partial charge in [-0.3, -0.25) is 0 Å². The molecule has 0 saturated carbocycles. The summed E-state index contributed by atoms with van der Waals surface area (Å²) in [5.41, 5.74) is 5.02. The maximum Gasteiger partial charge on any atom is 0.142 e. The second-order valence-electron chi connectivity index (χ2n) is 4.72. The zero-order valence-corrected chi connectivity index (χ0v) is 10.8. The van der Waals surface area contributed by atoms with Crippen molar-refractivity contribution in [2.75, 3.05) is 0 Å². The summed E-state index contributed by atoms with van der Waals surface area (Å²) in [6, 6.07) is 16.9. The topological polar surface area (TPSA) is 0 Å². The Morgan fingerprint density at radius 3 is 2.29 bits per heavy atom. The third-order valence-electron chi connectivity index (χ3n) is 3.76. The minimum absolute atomic E-state index is 0.398. The number of rotatable bonds is 0. The average Bonchev–Trinajstić information content (AvgIpc) is 2.37. The normalized spacial score (nSPS) is 21.9. The van der Waals surface area contributed by atoms with E-state index in [9.17, 15) is 0 Å². The first-order chi connectivity index (χ1) is 8.12. The number of hydrogen-bond acceptors (Lipinski definition) is 0. The smallest absolute Gasteiger partial charge is 0.0938 e. The minimum atomic E-state index is -0.398. The van der Waals surface area contributed by atoms with E-state index in [1.165, 1.54) is 28.2 Å². The van der Waals surface area contributed by atoms with Gasteiger partial charge in [-0.05, 0) is 25.1 Å². The number of halogens is 1. The molecule has 0 aromatic heterocycles. The highest BCUT2D eigenvalue weighted by Crippen LogP contribution is 2.51. The predicted octanol–water partition coefficient (Wildman–Crippen LogP) is 4.76. The van der Waals surface area contributed by atoms with Crippen LogP contribution >= 0.6 is 11.6 Å². The van der Waals surface area contributed by atoms with Gasteiger partial charge >= 0.3 is 0 Å². The van der Waals surface area contributed by atoms with Gasteiger partial charge in [0.2, 0.25) is 0 Å². The van der Waals surface area contributed by atoms with Gasteiger partial charge in [0.15, 0.2) is 0 Å². The highest BCUT2D eigenvalue weighted by Gasteiger charge is 2.45. The molecule has 1 aliphatic carbocycles. The van der Waals surface area contributed by atoms with Gasteiger partial charge in [0, 0.05) is 30.2 Å².